The first-order chi connectivity index (χ1) is 11.6. The van der Waals surface area contributed by atoms with Crippen molar-refractivity contribution in [3.63, 3.8) is 0 Å². The smallest absolute Gasteiger partial charge is 0.333 e. The van der Waals surface area contributed by atoms with Crippen molar-refractivity contribution in [2.24, 2.45) is 0 Å². The summed E-state index contributed by atoms with van der Waals surface area (Å²) in [7, 11) is 0. The van der Waals surface area contributed by atoms with Gasteiger partial charge < -0.3 is 14.3 Å². The highest BCUT2D eigenvalue weighted by Crippen LogP contribution is 2.21. The average molecular weight is 375 g/mol. The van der Waals surface area contributed by atoms with Gasteiger partial charge in [-0.1, -0.05) is 0 Å². The van der Waals surface area contributed by atoms with Crippen LogP contribution in [0.15, 0.2) is 0 Å². The van der Waals surface area contributed by atoms with E-state index in [1.165, 1.54) is 0 Å². The second kappa shape index (κ2) is 9.54. The summed E-state index contributed by atoms with van der Waals surface area (Å²) in [5.41, 5.74) is -0.827. The third-order valence-corrected chi connectivity index (χ3v) is 4.09. The van der Waals surface area contributed by atoms with Crippen LogP contribution in [-0.4, -0.2) is 53.0 Å². The lowest BCUT2D eigenvalue weighted by atomic mass is 10.0. The lowest BCUT2D eigenvalue weighted by molar-refractivity contribution is -0.198. The van der Waals surface area contributed by atoms with Gasteiger partial charge in [-0.2, -0.15) is 12.6 Å². The Labute approximate surface area is 154 Å². The molecule has 0 spiro atoms. The molecule has 8 heteroatoms. The van der Waals surface area contributed by atoms with Crippen molar-refractivity contribution in [3.05, 3.63) is 0 Å². The molecule has 144 valence electrons. The van der Waals surface area contributed by atoms with E-state index in [9.17, 15) is 14.4 Å². The topological polar surface area (TPSA) is 82.1 Å². The van der Waals surface area contributed by atoms with Crippen molar-refractivity contribution in [3.8, 4) is 0 Å². The van der Waals surface area contributed by atoms with Crippen molar-refractivity contribution < 1.29 is 28.7 Å². The second-order valence-electron chi connectivity index (χ2n) is 7.24. The van der Waals surface area contributed by atoms with Gasteiger partial charge in [-0.15, -0.1) is 5.06 Å². The number of amides is 2. The predicted octanol–water partition coefficient (Wildman–Crippen LogP) is 2.28. The molecule has 0 aliphatic carbocycles. The van der Waals surface area contributed by atoms with Crippen LogP contribution in [-0.2, 0) is 28.7 Å². The zero-order valence-corrected chi connectivity index (χ0v) is 16.4. The SMILES string of the molecule is CC(C)(CCOC(C)(C)CCC(=O)ON1C(=O)CCC1=O)OCCS. The van der Waals surface area contributed by atoms with Crippen LogP contribution in [0.3, 0.4) is 0 Å². The highest BCUT2D eigenvalue weighted by molar-refractivity contribution is 7.80. The Morgan fingerprint density at radius 1 is 1.00 bits per heavy atom. The Bertz CT molecular complexity index is 476. The normalized spacial score (nSPS) is 15.8. The Hall–Kier alpha value is -1.12. The summed E-state index contributed by atoms with van der Waals surface area (Å²) in [6, 6.07) is 0. The fourth-order valence-electron chi connectivity index (χ4n) is 2.25. The minimum atomic E-state index is -0.613. The summed E-state index contributed by atoms with van der Waals surface area (Å²) in [5.74, 6) is -0.896. The molecule has 0 atom stereocenters. The van der Waals surface area contributed by atoms with Crippen LogP contribution in [0.4, 0.5) is 0 Å². The Morgan fingerprint density at radius 2 is 1.52 bits per heavy atom. The summed E-state index contributed by atoms with van der Waals surface area (Å²) < 4.78 is 11.5. The molecule has 1 aliphatic rings. The number of imide groups is 1. The first kappa shape index (κ1) is 21.9. The van der Waals surface area contributed by atoms with Crippen molar-refractivity contribution in [1.29, 1.82) is 0 Å². The van der Waals surface area contributed by atoms with E-state index in [2.05, 4.69) is 12.6 Å². The molecular formula is C17H29NO6S. The molecule has 0 saturated carbocycles. The average Bonchev–Trinajstić information content (AvgIpc) is 2.83. The van der Waals surface area contributed by atoms with Gasteiger partial charge in [0.1, 0.15) is 0 Å². The van der Waals surface area contributed by atoms with E-state index in [1.807, 2.05) is 27.7 Å². The molecule has 1 saturated heterocycles. The van der Waals surface area contributed by atoms with Crippen LogP contribution in [0, 0.1) is 0 Å². The molecule has 0 aromatic heterocycles. The van der Waals surface area contributed by atoms with E-state index in [-0.39, 0.29) is 24.9 Å². The standard InChI is InChI=1S/C17H29NO6S/c1-16(2,22-10-9-17(3,4)23-11-12-25)8-7-15(21)24-18-13(19)5-6-14(18)20/h25H,5-12H2,1-4H3. The zero-order valence-electron chi connectivity index (χ0n) is 15.5. The van der Waals surface area contributed by atoms with Crippen LogP contribution in [0.2, 0.25) is 0 Å². The summed E-state index contributed by atoms with van der Waals surface area (Å²) in [6.45, 7) is 8.83. The lowest BCUT2D eigenvalue weighted by Gasteiger charge is -2.29. The van der Waals surface area contributed by atoms with Crippen LogP contribution < -0.4 is 0 Å². The fraction of sp³-hybridized carbons (Fsp3) is 0.824. The molecular weight excluding hydrogens is 346 g/mol. The molecule has 0 aromatic rings. The predicted molar refractivity (Wildman–Crippen MR) is 94.9 cm³/mol. The summed E-state index contributed by atoms with van der Waals surface area (Å²) in [6.07, 6.45) is 1.37. The van der Waals surface area contributed by atoms with Crippen molar-refractivity contribution >= 4 is 30.4 Å². The van der Waals surface area contributed by atoms with Crippen LogP contribution in [0.1, 0.15) is 59.8 Å². The molecule has 0 radical (unpaired) electrons. The molecule has 0 unspecified atom stereocenters. The van der Waals surface area contributed by atoms with Crippen molar-refractivity contribution in [2.75, 3.05) is 19.0 Å². The summed E-state index contributed by atoms with van der Waals surface area (Å²) >= 11 is 4.12. The monoisotopic (exact) mass is 375 g/mol. The van der Waals surface area contributed by atoms with Crippen LogP contribution >= 0.6 is 12.6 Å². The van der Waals surface area contributed by atoms with E-state index in [0.717, 1.165) is 0 Å². The van der Waals surface area contributed by atoms with E-state index < -0.39 is 23.4 Å². The molecule has 1 aliphatic heterocycles. The highest BCUT2D eigenvalue weighted by Gasteiger charge is 2.33. The Morgan fingerprint density at radius 3 is 2.08 bits per heavy atom. The lowest BCUT2D eigenvalue weighted by Crippen LogP contribution is -2.34. The number of hydrogen-bond acceptors (Lipinski definition) is 7. The molecule has 25 heavy (non-hydrogen) atoms. The molecule has 7 nitrogen and oxygen atoms in total. The van der Waals surface area contributed by atoms with Gasteiger partial charge in [-0.3, -0.25) is 9.59 Å². The van der Waals surface area contributed by atoms with Crippen molar-refractivity contribution in [1.82, 2.24) is 5.06 Å². The van der Waals surface area contributed by atoms with Crippen LogP contribution in [0.25, 0.3) is 0 Å². The van der Waals surface area contributed by atoms with Gasteiger partial charge >= 0.3 is 5.97 Å². The molecule has 1 rings (SSSR count). The van der Waals surface area contributed by atoms with E-state index in [0.29, 0.717) is 36.9 Å². The minimum Gasteiger partial charge on any atom is -0.375 e. The number of thiol groups is 1. The minimum absolute atomic E-state index is 0.0591. The van der Waals surface area contributed by atoms with E-state index in [1.54, 1.807) is 0 Å². The Kier molecular flexibility index (Phi) is 8.37. The third-order valence-electron chi connectivity index (χ3n) is 3.91. The van der Waals surface area contributed by atoms with E-state index in [4.69, 9.17) is 14.3 Å². The van der Waals surface area contributed by atoms with Gasteiger partial charge in [0.15, 0.2) is 0 Å². The second-order valence-corrected chi connectivity index (χ2v) is 7.68. The quantitative estimate of drug-likeness (QED) is 0.441. The van der Waals surface area contributed by atoms with Gasteiger partial charge in [0.05, 0.1) is 30.8 Å². The molecule has 2 amide bonds. The molecule has 0 aromatic carbocycles. The first-order valence-electron chi connectivity index (χ1n) is 8.52. The maximum absolute atomic E-state index is 11.8. The maximum atomic E-state index is 11.8. The third kappa shape index (κ3) is 8.20. The number of ether oxygens (including phenoxy) is 2. The van der Waals surface area contributed by atoms with Crippen molar-refractivity contribution in [2.45, 2.75) is 71.0 Å². The van der Waals surface area contributed by atoms with Gasteiger partial charge in [-0.25, -0.2) is 4.79 Å². The molecule has 1 heterocycles. The molecule has 1 fully saturated rings. The first-order valence-corrected chi connectivity index (χ1v) is 9.15. The number of hydrogen-bond donors (Lipinski definition) is 1. The van der Waals surface area contributed by atoms with Gasteiger partial charge in [0.25, 0.3) is 11.8 Å². The fourth-order valence-corrected chi connectivity index (χ4v) is 2.34. The molecule has 0 N–H and O–H groups in total. The van der Waals surface area contributed by atoms with Gasteiger partial charge in [0, 0.05) is 18.6 Å². The number of carbonyl (C=O) groups is 3. The number of carbonyl (C=O) groups excluding carboxylic acids is 3. The number of nitrogens with zero attached hydrogens (tertiary/aromatic N) is 1. The maximum Gasteiger partial charge on any atom is 0.333 e. The van der Waals surface area contributed by atoms with E-state index >= 15 is 0 Å². The summed E-state index contributed by atoms with van der Waals surface area (Å²) in [4.78, 5) is 39.5. The van der Waals surface area contributed by atoms with Gasteiger partial charge in [-0.05, 0) is 40.5 Å². The largest absolute Gasteiger partial charge is 0.375 e. The summed E-state index contributed by atoms with van der Waals surface area (Å²) in [5, 5.41) is 0.567. The van der Waals surface area contributed by atoms with Crippen LogP contribution in [0.5, 0.6) is 0 Å². The Balaban J connectivity index is 2.31. The zero-order chi connectivity index (χ0) is 19.1. The van der Waals surface area contributed by atoms with Gasteiger partial charge in [0.2, 0.25) is 0 Å². The number of hydroxylamine groups is 2. The number of rotatable bonds is 11. The molecule has 0 bridgehead atoms. The highest BCUT2D eigenvalue weighted by atomic mass is 32.1.